The highest BCUT2D eigenvalue weighted by atomic mass is 32.2. The van der Waals surface area contributed by atoms with E-state index in [1.54, 1.807) is 31.5 Å². The van der Waals surface area contributed by atoms with Crippen LogP contribution in [-0.4, -0.2) is 50.5 Å². The van der Waals surface area contributed by atoms with Crippen molar-refractivity contribution in [3.8, 4) is 17.2 Å². The first kappa shape index (κ1) is 25.5. The van der Waals surface area contributed by atoms with Crippen LogP contribution in [0.2, 0.25) is 0 Å². The third-order valence-corrected chi connectivity index (χ3v) is 7.71. The summed E-state index contributed by atoms with van der Waals surface area (Å²) in [4.78, 5) is 12.6. The van der Waals surface area contributed by atoms with Crippen LogP contribution in [0.4, 0.5) is 8.78 Å². The molecule has 0 unspecified atom stereocenters. The van der Waals surface area contributed by atoms with E-state index in [0.717, 1.165) is 27.8 Å². The van der Waals surface area contributed by atoms with Gasteiger partial charge in [-0.15, -0.1) is 10.2 Å². The monoisotopic (exact) mass is 514 g/mol. The van der Waals surface area contributed by atoms with Gasteiger partial charge in [0.2, 0.25) is 0 Å². The average Bonchev–Trinajstić information content (AvgIpc) is 3.23. The molecule has 0 aliphatic carbocycles. The minimum atomic E-state index is -4.01. The summed E-state index contributed by atoms with van der Waals surface area (Å²) in [5.74, 6) is -2.46. The van der Waals surface area contributed by atoms with E-state index in [2.05, 4.69) is 25.1 Å². The Labute approximate surface area is 207 Å². The van der Waals surface area contributed by atoms with E-state index in [9.17, 15) is 17.2 Å². The third-order valence-electron chi connectivity index (χ3n) is 5.67. The zero-order valence-electron chi connectivity index (χ0n) is 20.1. The van der Waals surface area contributed by atoms with Crippen molar-refractivity contribution in [1.29, 1.82) is 0 Å². The number of hydrogen-bond acceptors (Lipinski definition) is 8. The lowest BCUT2D eigenvalue weighted by Crippen LogP contribution is -2.30. The number of aromatic nitrogens is 6. The minimum Gasteiger partial charge on any atom is -0.372 e. The number of para-hydroxylation sites is 1. The van der Waals surface area contributed by atoms with Gasteiger partial charge in [0, 0.05) is 25.7 Å². The van der Waals surface area contributed by atoms with E-state index in [1.165, 1.54) is 26.3 Å². The van der Waals surface area contributed by atoms with Crippen molar-refractivity contribution in [2.75, 3.05) is 7.11 Å². The summed E-state index contributed by atoms with van der Waals surface area (Å²) in [7, 11) is -2.65. The van der Waals surface area contributed by atoms with Crippen molar-refractivity contribution in [2.24, 2.45) is 0 Å². The first-order valence-corrected chi connectivity index (χ1v) is 12.7. The van der Waals surface area contributed by atoms with Crippen LogP contribution in [0.5, 0.6) is 0 Å². The molecule has 4 rings (SSSR count). The summed E-state index contributed by atoms with van der Waals surface area (Å²) >= 11 is 0. The molecule has 188 valence electrons. The maximum absolute atomic E-state index is 14.9. The molecule has 0 spiro atoms. The molecule has 0 saturated heterocycles. The summed E-state index contributed by atoms with van der Waals surface area (Å²) in [5, 5.41) is 6.96. The van der Waals surface area contributed by atoms with Gasteiger partial charge in [-0.25, -0.2) is 27.2 Å². The van der Waals surface area contributed by atoms with Crippen LogP contribution in [0.15, 0.2) is 48.9 Å². The van der Waals surface area contributed by atoms with Gasteiger partial charge >= 0.3 is 0 Å². The zero-order chi connectivity index (χ0) is 26.0. The van der Waals surface area contributed by atoms with Gasteiger partial charge in [-0.2, -0.15) is 0 Å². The smallest absolute Gasteiger partial charge is 0.187 e. The number of nitrogens with zero attached hydrogens (tertiary/aromatic N) is 6. The highest BCUT2D eigenvalue weighted by Gasteiger charge is 2.35. The van der Waals surface area contributed by atoms with Crippen molar-refractivity contribution in [3.05, 3.63) is 83.3 Å². The van der Waals surface area contributed by atoms with Crippen molar-refractivity contribution < 1.29 is 21.9 Å². The summed E-state index contributed by atoms with van der Waals surface area (Å²) in [5.41, 5.74) is 1.42. The minimum absolute atomic E-state index is 0.00529. The van der Waals surface area contributed by atoms with Crippen LogP contribution >= 0.6 is 0 Å². The van der Waals surface area contributed by atoms with Crippen LogP contribution in [-0.2, 0) is 20.3 Å². The number of sulfone groups is 1. The largest absolute Gasteiger partial charge is 0.372 e. The Bertz CT molecular complexity index is 1470. The second-order valence-electron chi connectivity index (χ2n) is 8.35. The maximum Gasteiger partial charge on any atom is 0.187 e. The molecule has 1 aromatic carbocycles. The predicted molar refractivity (Wildman–Crippen MR) is 128 cm³/mol. The summed E-state index contributed by atoms with van der Waals surface area (Å²) in [6.45, 7) is 5.09. The van der Waals surface area contributed by atoms with Crippen molar-refractivity contribution in [1.82, 2.24) is 29.7 Å². The van der Waals surface area contributed by atoms with Crippen LogP contribution in [0.1, 0.15) is 35.8 Å². The predicted octanol–water partition coefficient (Wildman–Crippen LogP) is 3.71. The summed E-state index contributed by atoms with van der Waals surface area (Å²) < 4.78 is 63.2. The Balaban J connectivity index is 1.80. The van der Waals surface area contributed by atoms with E-state index < -0.39 is 44.3 Å². The number of aryl methyl sites for hydroxylation is 2. The van der Waals surface area contributed by atoms with Gasteiger partial charge in [0.1, 0.15) is 34.9 Å². The molecule has 36 heavy (non-hydrogen) atoms. The van der Waals surface area contributed by atoms with Gasteiger partial charge in [0.05, 0.1) is 5.25 Å². The van der Waals surface area contributed by atoms with Crippen LogP contribution in [0, 0.1) is 25.5 Å². The number of pyridine rings is 1. The second kappa shape index (κ2) is 10.2. The van der Waals surface area contributed by atoms with Gasteiger partial charge in [0.15, 0.2) is 27.3 Å². The maximum atomic E-state index is 14.9. The molecule has 9 nitrogen and oxygen atoms in total. The van der Waals surface area contributed by atoms with Crippen LogP contribution < -0.4 is 0 Å². The van der Waals surface area contributed by atoms with E-state index in [-0.39, 0.29) is 23.2 Å². The van der Waals surface area contributed by atoms with E-state index in [4.69, 9.17) is 4.74 Å². The van der Waals surface area contributed by atoms with E-state index in [0.29, 0.717) is 0 Å². The van der Waals surface area contributed by atoms with Crippen molar-refractivity contribution in [3.63, 3.8) is 0 Å². The Morgan fingerprint density at radius 1 is 1.00 bits per heavy atom. The topological polar surface area (TPSA) is 113 Å². The Morgan fingerprint density at radius 2 is 1.67 bits per heavy atom. The molecule has 2 atom stereocenters. The van der Waals surface area contributed by atoms with Gasteiger partial charge < -0.3 is 4.74 Å². The average molecular weight is 515 g/mol. The van der Waals surface area contributed by atoms with Gasteiger partial charge in [-0.05, 0) is 56.2 Å². The standard InChI is InChI=1S/C24H24F2N6O3S/c1-14-8-9-27-19(10-14)24-31-30-20(32(24)21-17(25)6-5-7-18(21)26)13-36(33,34)16(3)22(35-4)23-28-11-15(2)12-29-23/h5-12,16,22H,13H2,1-4H3/t16-,22-/m0/s1. The Kier molecular flexibility index (Phi) is 7.18. The lowest BCUT2D eigenvalue weighted by molar-refractivity contribution is 0.0947. The molecule has 0 amide bonds. The fourth-order valence-electron chi connectivity index (χ4n) is 3.73. The fraction of sp³-hybridized carbons (Fsp3) is 0.292. The Morgan fingerprint density at radius 3 is 2.28 bits per heavy atom. The molecule has 3 heterocycles. The molecular weight excluding hydrogens is 490 g/mol. The molecule has 0 aliphatic heterocycles. The lowest BCUT2D eigenvalue weighted by Gasteiger charge is -2.21. The molecule has 4 aromatic rings. The number of methoxy groups -OCH3 is 1. The molecule has 0 fully saturated rings. The third kappa shape index (κ3) is 5.00. The van der Waals surface area contributed by atoms with Crippen LogP contribution in [0.3, 0.4) is 0 Å². The SMILES string of the molecule is CO[C@H](c1ncc(C)cn1)[C@H](C)S(=O)(=O)Cc1nnc(-c2cc(C)ccn2)n1-c1c(F)cccc1F. The van der Waals surface area contributed by atoms with Gasteiger partial charge in [0.25, 0.3) is 0 Å². The van der Waals surface area contributed by atoms with E-state index in [1.807, 2.05) is 6.92 Å². The second-order valence-corrected chi connectivity index (χ2v) is 10.7. The normalized spacial score (nSPS) is 13.5. The zero-order valence-corrected chi connectivity index (χ0v) is 20.9. The molecule has 3 aromatic heterocycles. The van der Waals surface area contributed by atoms with E-state index >= 15 is 0 Å². The van der Waals surface area contributed by atoms with Gasteiger partial charge in [-0.1, -0.05) is 6.07 Å². The molecular formula is C24H24F2N6O3S. The summed E-state index contributed by atoms with van der Waals surface area (Å²) in [6.07, 6.45) is 3.67. The quantitative estimate of drug-likeness (QED) is 0.350. The number of benzene rings is 1. The first-order valence-electron chi connectivity index (χ1n) is 11.0. The molecule has 0 radical (unpaired) electrons. The highest BCUT2D eigenvalue weighted by molar-refractivity contribution is 7.91. The number of hydrogen-bond donors (Lipinski definition) is 0. The molecule has 0 saturated carbocycles. The molecule has 12 heteroatoms. The van der Waals surface area contributed by atoms with Crippen LogP contribution in [0.25, 0.3) is 17.2 Å². The van der Waals surface area contributed by atoms with Crippen molar-refractivity contribution >= 4 is 9.84 Å². The molecule has 0 N–H and O–H groups in total. The van der Waals surface area contributed by atoms with Crippen molar-refractivity contribution in [2.45, 2.75) is 37.9 Å². The first-order chi connectivity index (χ1) is 17.1. The van der Waals surface area contributed by atoms with Gasteiger partial charge in [-0.3, -0.25) is 9.55 Å². The highest BCUT2D eigenvalue weighted by Crippen LogP contribution is 2.29. The number of rotatable bonds is 8. The number of ether oxygens (including phenoxy) is 1. The summed E-state index contributed by atoms with van der Waals surface area (Å²) in [6, 6.07) is 6.77. The molecule has 0 aliphatic rings. The number of halogens is 2. The molecule has 0 bridgehead atoms. The fourth-order valence-corrected chi connectivity index (χ4v) is 5.15. The Hall–Kier alpha value is -3.64. The lowest BCUT2D eigenvalue weighted by atomic mass is 10.2.